The van der Waals surface area contributed by atoms with Crippen LogP contribution in [0, 0.1) is 0 Å². The smallest absolute Gasteiger partial charge is 0.303 e. The van der Waals surface area contributed by atoms with E-state index in [9.17, 15) is 0 Å². The van der Waals surface area contributed by atoms with Crippen LogP contribution in [0.5, 0.6) is 0 Å². The molecule has 0 radical (unpaired) electrons. The van der Waals surface area contributed by atoms with Crippen molar-refractivity contribution in [1.29, 1.82) is 0 Å². The van der Waals surface area contributed by atoms with Crippen molar-refractivity contribution in [2.75, 3.05) is 27.3 Å². The molecule has 1 N–H and O–H groups in total. The first-order valence-electron chi connectivity index (χ1n) is 4.52. The van der Waals surface area contributed by atoms with E-state index in [1.807, 2.05) is 0 Å². The predicted octanol–water partition coefficient (Wildman–Crippen LogP) is 0.674. The maximum atomic E-state index is 4.61. The molecule has 12 heavy (non-hydrogen) atoms. The molecule has 0 aliphatic rings. The molecule has 0 aromatic heterocycles. The van der Waals surface area contributed by atoms with Crippen molar-refractivity contribution < 1.29 is 8.85 Å². The highest BCUT2D eigenvalue weighted by atomic mass is 28.3. The second-order valence-corrected chi connectivity index (χ2v) is 3.79. The zero-order chi connectivity index (χ0) is 9.66. The van der Waals surface area contributed by atoms with Gasteiger partial charge in [0.15, 0.2) is 0 Å². The van der Waals surface area contributed by atoms with E-state index in [4.69, 9.17) is 0 Å². The first-order valence-corrected chi connectivity index (χ1v) is 5.67. The molecule has 76 valence electrons. The van der Waals surface area contributed by atoms with Gasteiger partial charge in [0.05, 0.1) is 0 Å². The van der Waals surface area contributed by atoms with Crippen molar-refractivity contribution in [2.45, 2.75) is 26.7 Å². The Morgan fingerprint density at radius 2 is 1.75 bits per heavy atom. The highest BCUT2D eigenvalue weighted by Gasteiger charge is 1.77. The van der Waals surface area contributed by atoms with Crippen LogP contribution >= 0.6 is 0 Å². The van der Waals surface area contributed by atoms with E-state index >= 15 is 0 Å². The first-order chi connectivity index (χ1) is 5.83. The van der Waals surface area contributed by atoms with Crippen molar-refractivity contribution in [3.8, 4) is 0 Å². The third-order valence-corrected chi connectivity index (χ3v) is 1.66. The maximum absolute atomic E-state index is 4.61. The van der Waals surface area contributed by atoms with E-state index in [2.05, 4.69) is 28.0 Å². The van der Waals surface area contributed by atoms with Crippen LogP contribution < -0.4 is 5.32 Å². The van der Waals surface area contributed by atoms with Crippen LogP contribution in [0.3, 0.4) is 0 Å². The summed E-state index contributed by atoms with van der Waals surface area (Å²) >= 11 is 0. The van der Waals surface area contributed by atoms with Crippen LogP contribution in [-0.4, -0.2) is 37.3 Å². The first kappa shape index (κ1) is 14.6. The van der Waals surface area contributed by atoms with E-state index in [0.717, 1.165) is 6.54 Å². The fraction of sp³-hybridized carbons (Fsp3) is 1.00. The summed E-state index contributed by atoms with van der Waals surface area (Å²) < 4.78 is 9.22. The molecule has 0 bridgehead atoms. The fourth-order valence-electron chi connectivity index (χ4n) is 0.596. The largest absolute Gasteiger partial charge is 0.402 e. The fourth-order valence-corrected chi connectivity index (χ4v) is 0.832. The van der Waals surface area contributed by atoms with Gasteiger partial charge in [0.2, 0.25) is 0 Å². The lowest BCUT2D eigenvalue weighted by Crippen LogP contribution is -2.13. The van der Waals surface area contributed by atoms with Gasteiger partial charge in [0.1, 0.15) is 0 Å². The minimum atomic E-state index is -0.568. The molecule has 0 aliphatic heterocycles. The van der Waals surface area contributed by atoms with Crippen molar-refractivity contribution in [1.82, 2.24) is 5.32 Å². The summed E-state index contributed by atoms with van der Waals surface area (Å²) in [6, 6.07) is 0. The van der Waals surface area contributed by atoms with Gasteiger partial charge in [-0.05, 0) is 19.5 Å². The van der Waals surface area contributed by atoms with Gasteiger partial charge >= 0.3 is 10.0 Å². The summed E-state index contributed by atoms with van der Waals surface area (Å²) in [6.07, 6.45) is 2.61. The Morgan fingerprint density at radius 1 is 1.17 bits per heavy atom. The maximum Gasteiger partial charge on any atom is 0.303 e. The molecule has 3 nitrogen and oxygen atoms in total. The number of nitrogens with one attached hydrogen (secondary N) is 1. The summed E-state index contributed by atoms with van der Waals surface area (Å²) in [4.78, 5) is 0. The molecule has 0 heterocycles. The molecule has 0 aliphatic carbocycles. The number of unbranched alkanes of at least 4 members (excludes halogenated alkanes) is 1. The average molecular weight is 193 g/mol. The SMILES string of the molecule is CCCCNCC.CO[SiH2]OC. The van der Waals surface area contributed by atoms with E-state index in [1.165, 1.54) is 19.4 Å². The lowest BCUT2D eigenvalue weighted by atomic mass is 10.3. The Hall–Kier alpha value is 0.0969. The van der Waals surface area contributed by atoms with Gasteiger partial charge in [-0.25, -0.2) is 0 Å². The Balaban J connectivity index is 0. The molecule has 0 aromatic carbocycles. The van der Waals surface area contributed by atoms with E-state index in [0.29, 0.717) is 0 Å². The van der Waals surface area contributed by atoms with Crippen LogP contribution in [0.25, 0.3) is 0 Å². The summed E-state index contributed by atoms with van der Waals surface area (Å²) in [7, 11) is 2.73. The Morgan fingerprint density at radius 3 is 2.00 bits per heavy atom. The second-order valence-electron chi connectivity index (χ2n) is 2.40. The van der Waals surface area contributed by atoms with E-state index < -0.39 is 10.0 Å². The van der Waals surface area contributed by atoms with Crippen LogP contribution in [0.1, 0.15) is 26.7 Å². The van der Waals surface area contributed by atoms with Gasteiger partial charge in [-0.3, -0.25) is 0 Å². The normalized spacial score (nSPS) is 9.00. The molecule has 0 rings (SSSR count). The summed E-state index contributed by atoms with van der Waals surface area (Å²) in [5.41, 5.74) is 0. The topological polar surface area (TPSA) is 30.5 Å². The predicted molar refractivity (Wildman–Crippen MR) is 56.0 cm³/mol. The van der Waals surface area contributed by atoms with Crippen LogP contribution in [0.15, 0.2) is 0 Å². The monoisotopic (exact) mass is 193 g/mol. The van der Waals surface area contributed by atoms with Crippen LogP contribution in [0.4, 0.5) is 0 Å². The second kappa shape index (κ2) is 17.3. The number of hydrogen-bond acceptors (Lipinski definition) is 3. The Kier molecular flexibility index (Phi) is 21.0. The molecule has 0 saturated carbocycles. The zero-order valence-corrected chi connectivity index (χ0v) is 10.3. The molecular formula is C8H23NO2Si. The molecule has 0 fully saturated rings. The molecule has 0 amide bonds. The van der Waals surface area contributed by atoms with Crippen LogP contribution in [-0.2, 0) is 8.85 Å². The molecule has 0 aromatic rings. The lowest BCUT2D eigenvalue weighted by Gasteiger charge is -1.95. The zero-order valence-electron chi connectivity index (χ0n) is 8.85. The van der Waals surface area contributed by atoms with E-state index in [-0.39, 0.29) is 0 Å². The summed E-state index contributed by atoms with van der Waals surface area (Å²) in [6.45, 7) is 6.64. The van der Waals surface area contributed by atoms with Crippen molar-refractivity contribution in [2.24, 2.45) is 0 Å². The Labute approximate surface area is 78.9 Å². The highest BCUT2D eigenvalue weighted by molar-refractivity contribution is 6.17. The molecular weight excluding hydrogens is 170 g/mol. The van der Waals surface area contributed by atoms with Gasteiger partial charge < -0.3 is 14.2 Å². The lowest BCUT2D eigenvalue weighted by molar-refractivity contribution is 0.309. The molecule has 0 saturated heterocycles. The Bertz CT molecular complexity index is 59.0. The summed E-state index contributed by atoms with van der Waals surface area (Å²) in [5, 5.41) is 3.25. The molecule has 0 unspecified atom stereocenters. The molecule has 0 spiro atoms. The number of rotatable bonds is 6. The van der Waals surface area contributed by atoms with Crippen molar-refractivity contribution in [3.63, 3.8) is 0 Å². The van der Waals surface area contributed by atoms with Gasteiger partial charge in [-0.1, -0.05) is 20.3 Å². The van der Waals surface area contributed by atoms with Crippen molar-refractivity contribution in [3.05, 3.63) is 0 Å². The quantitative estimate of drug-likeness (QED) is 0.497. The van der Waals surface area contributed by atoms with Gasteiger partial charge in [-0.15, -0.1) is 0 Å². The van der Waals surface area contributed by atoms with Gasteiger partial charge in [-0.2, -0.15) is 0 Å². The van der Waals surface area contributed by atoms with E-state index in [1.54, 1.807) is 14.2 Å². The van der Waals surface area contributed by atoms with Gasteiger partial charge in [0.25, 0.3) is 0 Å². The molecule has 4 heteroatoms. The highest BCUT2D eigenvalue weighted by Crippen LogP contribution is 1.80. The average Bonchev–Trinajstić information content (AvgIpc) is 2.08. The third-order valence-electron chi connectivity index (χ3n) is 1.19. The standard InChI is InChI=1S/C6H15N.C2H8O2Si/c1-3-5-6-7-4-2;1-3-5-4-2/h7H,3-6H2,1-2H3;5H2,1-2H3. The van der Waals surface area contributed by atoms with Crippen molar-refractivity contribution >= 4 is 10.0 Å². The number of hydrogen-bond donors (Lipinski definition) is 1. The molecule has 0 atom stereocenters. The van der Waals surface area contributed by atoms with Gasteiger partial charge in [0, 0.05) is 14.2 Å². The minimum Gasteiger partial charge on any atom is -0.402 e. The third kappa shape index (κ3) is 22.5. The van der Waals surface area contributed by atoms with Crippen LogP contribution in [0.2, 0.25) is 0 Å². The minimum absolute atomic E-state index is 0.568. The summed E-state index contributed by atoms with van der Waals surface area (Å²) in [5.74, 6) is 0.